The van der Waals surface area contributed by atoms with E-state index >= 15 is 0 Å². The van der Waals surface area contributed by atoms with Gasteiger partial charge in [0.15, 0.2) is 0 Å². The molecule has 1 aromatic heterocycles. The number of carbonyl (C=O) groups is 1. The van der Waals surface area contributed by atoms with Crippen LogP contribution in [0.15, 0.2) is 47.1 Å². The molecule has 126 valence electrons. The second-order valence-corrected chi connectivity index (χ2v) is 6.23. The zero-order valence-corrected chi connectivity index (χ0v) is 14.3. The topological polar surface area (TPSA) is 48.7 Å². The Bertz CT molecular complexity index is 720. The van der Waals surface area contributed by atoms with E-state index in [1.165, 1.54) is 6.08 Å². The van der Waals surface area contributed by atoms with Gasteiger partial charge in [-0.25, -0.2) is 0 Å². The molecule has 0 spiro atoms. The van der Waals surface area contributed by atoms with Crippen molar-refractivity contribution in [1.29, 1.82) is 0 Å². The number of hydrogen-bond acceptors (Lipinski definition) is 4. The largest absolute Gasteiger partial charge is 0.465 e. The predicted octanol–water partition coefficient (Wildman–Crippen LogP) is 3.34. The van der Waals surface area contributed by atoms with Crippen molar-refractivity contribution in [3.63, 3.8) is 0 Å². The van der Waals surface area contributed by atoms with Crippen LogP contribution in [0, 0.1) is 0 Å². The van der Waals surface area contributed by atoms with Crippen LogP contribution in [-0.4, -0.2) is 44.0 Å². The molecule has 1 aliphatic rings. The van der Waals surface area contributed by atoms with Gasteiger partial charge < -0.3 is 19.5 Å². The first kappa shape index (κ1) is 16.6. The third-order valence-electron chi connectivity index (χ3n) is 4.00. The maximum atomic E-state index is 12.2. The predicted molar refractivity (Wildman–Crippen MR) is 97.5 cm³/mol. The van der Waals surface area contributed by atoms with Crippen molar-refractivity contribution < 1.29 is 9.21 Å². The quantitative estimate of drug-likeness (QED) is 0.863. The molecule has 24 heavy (non-hydrogen) atoms. The van der Waals surface area contributed by atoms with Gasteiger partial charge in [0.1, 0.15) is 5.76 Å². The fourth-order valence-electron chi connectivity index (χ4n) is 2.65. The number of nitrogens with zero attached hydrogens (tertiary/aromatic N) is 2. The average molecular weight is 346 g/mol. The third-order valence-corrected chi connectivity index (χ3v) is 4.24. The van der Waals surface area contributed by atoms with E-state index in [1.54, 1.807) is 30.5 Å². The molecule has 3 rings (SSSR count). The van der Waals surface area contributed by atoms with Gasteiger partial charge >= 0.3 is 0 Å². The Kier molecular flexibility index (Phi) is 5.23. The first-order chi connectivity index (χ1) is 11.6. The smallest absolute Gasteiger partial charge is 0.248 e. The number of halogens is 1. The van der Waals surface area contributed by atoms with Gasteiger partial charge in [-0.1, -0.05) is 11.6 Å². The Morgan fingerprint density at radius 1 is 1.25 bits per heavy atom. The SMILES string of the molecule is CN1CCN(c2ccc(Cl)cc2NC(=O)C=Cc2ccco2)CC1. The van der Waals surface area contributed by atoms with Crippen molar-refractivity contribution in [2.75, 3.05) is 43.4 Å². The molecule has 0 bridgehead atoms. The van der Waals surface area contributed by atoms with E-state index in [1.807, 2.05) is 12.1 Å². The van der Waals surface area contributed by atoms with E-state index in [4.69, 9.17) is 16.0 Å². The van der Waals surface area contributed by atoms with E-state index < -0.39 is 0 Å². The number of carbonyl (C=O) groups excluding carboxylic acids is 1. The number of furan rings is 1. The standard InChI is InChI=1S/C18H20ClN3O2/c1-21-8-10-22(11-9-21)17-6-4-14(19)13-16(17)20-18(23)7-5-15-3-2-12-24-15/h2-7,12-13H,8-11H2,1H3,(H,20,23). The maximum absolute atomic E-state index is 12.2. The lowest BCUT2D eigenvalue weighted by molar-refractivity contribution is -0.111. The fraction of sp³-hybridized carbons (Fsp3) is 0.278. The number of anilines is 2. The Labute approximate surface area is 146 Å². The Hall–Kier alpha value is -2.24. The lowest BCUT2D eigenvalue weighted by Crippen LogP contribution is -2.44. The molecule has 1 aromatic carbocycles. The van der Waals surface area contributed by atoms with Gasteiger partial charge in [0.05, 0.1) is 17.6 Å². The summed E-state index contributed by atoms with van der Waals surface area (Å²) in [7, 11) is 2.11. The highest BCUT2D eigenvalue weighted by Crippen LogP contribution is 2.30. The lowest BCUT2D eigenvalue weighted by atomic mass is 10.2. The van der Waals surface area contributed by atoms with Gasteiger partial charge in [-0.2, -0.15) is 0 Å². The summed E-state index contributed by atoms with van der Waals surface area (Å²) < 4.78 is 5.18. The van der Waals surface area contributed by atoms with Gasteiger partial charge in [-0.3, -0.25) is 4.79 Å². The zero-order chi connectivity index (χ0) is 16.9. The molecule has 6 heteroatoms. The summed E-state index contributed by atoms with van der Waals surface area (Å²) in [6, 6.07) is 9.16. The number of likely N-dealkylation sites (N-methyl/N-ethyl adjacent to an activating group) is 1. The molecule has 5 nitrogen and oxygen atoms in total. The summed E-state index contributed by atoms with van der Waals surface area (Å²) in [5.74, 6) is 0.416. The van der Waals surface area contributed by atoms with E-state index in [0.717, 1.165) is 37.6 Å². The average Bonchev–Trinajstić information content (AvgIpc) is 3.08. The first-order valence-electron chi connectivity index (χ1n) is 7.87. The molecule has 0 saturated carbocycles. The van der Waals surface area contributed by atoms with Crippen LogP contribution in [0.4, 0.5) is 11.4 Å². The van der Waals surface area contributed by atoms with E-state index in [-0.39, 0.29) is 5.91 Å². The van der Waals surface area contributed by atoms with Crippen LogP contribution in [0.5, 0.6) is 0 Å². The number of hydrogen-bond donors (Lipinski definition) is 1. The summed E-state index contributed by atoms with van der Waals surface area (Å²) in [6.45, 7) is 3.83. The second kappa shape index (κ2) is 7.55. The summed E-state index contributed by atoms with van der Waals surface area (Å²) in [5.41, 5.74) is 1.72. The lowest BCUT2D eigenvalue weighted by Gasteiger charge is -2.35. The number of amides is 1. The number of benzene rings is 1. The molecule has 0 aliphatic carbocycles. The minimum Gasteiger partial charge on any atom is -0.465 e. The molecule has 2 heterocycles. The van der Waals surface area contributed by atoms with Crippen LogP contribution in [-0.2, 0) is 4.79 Å². The van der Waals surface area contributed by atoms with Gasteiger partial charge in [0.2, 0.25) is 5.91 Å². The second-order valence-electron chi connectivity index (χ2n) is 5.79. The van der Waals surface area contributed by atoms with Crippen molar-refractivity contribution in [2.24, 2.45) is 0 Å². The number of nitrogens with one attached hydrogen (secondary N) is 1. The number of piperazine rings is 1. The normalized spacial score (nSPS) is 15.8. The van der Waals surface area contributed by atoms with Crippen LogP contribution in [0.25, 0.3) is 6.08 Å². The monoisotopic (exact) mass is 345 g/mol. The molecule has 0 unspecified atom stereocenters. The molecule has 1 amide bonds. The van der Waals surface area contributed by atoms with Crippen molar-refractivity contribution in [3.05, 3.63) is 53.5 Å². The zero-order valence-electron chi connectivity index (χ0n) is 13.5. The van der Waals surface area contributed by atoms with Gasteiger partial charge in [0, 0.05) is 37.3 Å². The van der Waals surface area contributed by atoms with Gasteiger partial charge in [-0.15, -0.1) is 0 Å². The first-order valence-corrected chi connectivity index (χ1v) is 8.25. The summed E-state index contributed by atoms with van der Waals surface area (Å²) in [6.07, 6.45) is 4.66. The van der Waals surface area contributed by atoms with Crippen molar-refractivity contribution in [1.82, 2.24) is 4.90 Å². The molecule has 0 radical (unpaired) electrons. The van der Waals surface area contributed by atoms with E-state index in [0.29, 0.717) is 10.8 Å². The number of rotatable bonds is 4. The Morgan fingerprint density at radius 3 is 2.75 bits per heavy atom. The van der Waals surface area contributed by atoms with Crippen LogP contribution >= 0.6 is 11.6 Å². The Balaban J connectivity index is 1.74. The van der Waals surface area contributed by atoms with Gasteiger partial charge in [-0.05, 0) is 43.5 Å². The van der Waals surface area contributed by atoms with E-state index in [2.05, 4.69) is 22.2 Å². The molecular formula is C18H20ClN3O2. The minimum absolute atomic E-state index is 0.218. The summed E-state index contributed by atoms with van der Waals surface area (Å²) in [4.78, 5) is 16.8. The van der Waals surface area contributed by atoms with E-state index in [9.17, 15) is 4.79 Å². The maximum Gasteiger partial charge on any atom is 0.248 e. The minimum atomic E-state index is -0.218. The molecule has 1 N–H and O–H groups in total. The molecule has 1 fully saturated rings. The van der Waals surface area contributed by atoms with Crippen molar-refractivity contribution >= 4 is 35.0 Å². The molecular weight excluding hydrogens is 326 g/mol. The van der Waals surface area contributed by atoms with Crippen LogP contribution in [0.3, 0.4) is 0 Å². The van der Waals surface area contributed by atoms with Crippen molar-refractivity contribution in [2.45, 2.75) is 0 Å². The fourth-order valence-corrected chi connectivity index (χ4v) is 2.82. The molecule has 0 atom stereocenters. The molecule has 1 saturated heterocycles. The van der Waals surface area contributed by atoms with Crippen LogP contribution < -0.4 is 10.2 Å². The van der Waals surface area contributed by atoms with Crippen LogP contribution in [0.1, 0.15) is 5.76 Å². The Morgan fingerprint density at radius 2 is 2.04 bits per heavy atom. The highest BCUT2D eigenvalue weighted by atomic mass is 35.5. The highest BCUT2D eigenvalue weighted by molar-refractivity contribution is 6.31. The molecule has 2 aromatic rings. The summed E-state index contributed by atoms with van der Waals surface area (Å²) in [5, 5.41) is 3.51. The van der Waals surface area contributed by atoms with Gasteiger partial charge in [0.25, 0.3) is 0 Å². The molecule has 1 aliphatic heterocycles. The summed E-state index contributed by atoms with van der Waals surface area (Å²) >= 11 is 6.11. The third kappa shape index (κ3) is 4.19. The highest BCUT2D eigenvalue weighted by Gasteiger charge is 2.18. The van der Waals surface area contributed by atoms with Crippen LogP contribution in [0.2, 0.25) is 5.02 Å². The van der Waals surface area contributed by atoms with Crippen molar-refractivity contribution in [3.8, 4) is 0 Å².